The molecule has 0 saturated carbocycles. The van der Waals surface area contributed by atoms with Crippen molar-refractivity contribution in [3.8, 4) is 50.2 Å². The molecule has 12 rings (SSSR count). The van der Waals surface area contributed by atoms with Crippen LogP contribution in [-0.4, -0.2) is 4.57 Å². The molecule has 3 heteroatoms. The van der Waals surface area contributed by atoms with E-state index in [2.05, 4.69) is 240 Å². The Bertz CT molecular complexity index is 3600. The molecule has 0 saturated heterocycles. The molecular formula is C60H40N2O. The minimum Gasteiger partial charge on any atom is -0.456 e. The van der Waals surface area contributed by atoms with Gasteiger partial charge in [-0.3, -0.25) is 0 Å². The van der Waals surface area contributed by atoms with Gasteiger partial charge in [-0.25, -0.2) is 0 Å². The van der Waals surface area contributed by atoms with E-state index >= 15 is 0 Å². The third kappa shape index (κ3) is 6.46. The van der Waals surface area contributed by atoms with Crippen molar-refractivity contribution in [3.63, 3.8) is 0 Å². The molecule has 0 atom stereocenters. The number of fused-ring (bicyclic) bond motifs is 6. The Kier molecular flexibility index (Phi) is 8.83. The van der Waals surface area contributed by atoms with Gasteiger partial charge in [0.15, 0.2) is 0 Å². The normalized spacial score (nSPS) is 11.5. The molecule has 12 aromatic rings. The quantitative estimate of drug-likeness (QED) is 0.153. The first-order chi connectivity index (χ1) is 31.2. The maximum Gasteiger partial charge on any atom is 0.135 e. The van der Waals surface area contributed by atoms with Crippen LogP contribution in [0.2, 0.25) is 0 Å². The first-order valence-electron chi connectivity index (χ1n) is 21.5. The fourth-order valence-corrected chi connectivity index (χ4v) is 9.38. The second kappa shape index (κ2) is 15.3. The lowest BCUT2D eigenvalue weighted by atomic mass is 9.90. The Labute approximate surface area is 366 Å². The number of furan rings is 1. The molecule has 0 aliphatic heterocycles. The molecule has 0 amide bonds. The summed E-state index contributed by atoms with van der Waals surface area (Å²) in [5.41, 5.74) is 17.8. The Morgan fingerprint density at radius 3 is 1.63 bits per heavy atom. The highest BCUT2D eigenvalue weighted by Crippen LogP contribution is 2.44. The van der Waals surface area contributed by atoms with Gasteiger partial charge in [0.05, 0.1) is 11.0 Å². The van der Waals surface area contributed by atoms with Crippen LogP contribution in [0.3, 0.4) is 0 Å². The predicted octanol–water partition coefficient (Wildman–Crippen LogP) is 16.8. The minimum atomic E-state index is 0.875. The van der Waals surface area contributed by atoms with E-state index in [9.17, 15) is 0 Å². The summed E-state index contributed by atoms with van der Waals surface area (Å²) in [6.07, 6.45) is 0. The van der Waals surface area contributed by atoms with Crippen LogP contribution in [0.15, 0.2) is 247 Å². The molecule has 0 spiro atoms. The summed E-state index contributed by atoms with van der Waals surface area (Å²) in [6, 6.07) is 87.3. The van der Waals surface area contributed by atoms with Crippen LogP contribution in [0, 0.1) is 0 Å². The maximum atomic E-state index is 6.29. The Hall–Kier alpha value is -8.40. The smallest absolute Gasteiger partial charge is 0.135 e. The fourth-order valence-electron chi connectivity index (χ4n) is 9.38. The Balaban J connectivity index is 1.04. The highest BCUT2D eigenvalue weighted by molar-refractivity contribution is 6.11. The van der Waals surface area contributed by atoms with Gasteiger partial charge in [0.25, 0.3) is 0 Å². The topological polar surface area (TPSA) is 21.3 Å². The monoisotopic (exact) mass is 804 g/mol. The van der Waals surface area contributed by atoms with Crippen LogP contribution in [0.5, 0.6) is 0 Å². The molecule has 63 heavy (non-hydrogen) atoms. The van der Waals surface area contributed by atoms with Crippen molar-refractivity contribution in [2.45, 2.75) is 0 Å². The van der Waals surface area contributed by atoms with E-state index in [-0.39, 0.29) is 0 Å². The van der Waals surface area contributed by atoms with E-state index in [1.807, 2.05) is 12.1 Å². The van der Waals surface area contributed by atoms with E-state index in [1.54, 1.807) is 0 Å². The van der Waals surface area contributed by atoms with Crippen LogP contribution in [0.4, 0.5) is 17.1 Å². The van der Waals surface area contributed by atoms with E-state index in [0.717, 1.165) is 61.4 Å². The number of para-hydroxylation sites is 3. The lowest BCUT2D eigenvalue weighted by molar-refractivity contribution is 0.669. The molecule has 0 aliphatic carbocycles. The molecular weight excluding hydrogens is 765 g/mol. The zero-order chi connectivity index (χ0) is 41.7. The van der Waals surface area contributed by atoms with Gasteiger partial charge in [0.2, 0.25) is 0 Å². The van der Waals surface area contributed by atoms with Crippen LogP contribution >= 0.6 is 0 Å². The molecule has 0 unspecified atom stereocenters. The predicted molar refractivity (Wildman–Crippen MR) is 264 cm³/mol. The second-order valence-electron chi connectivity index (χ2n) is 16.1. The highest BCUT2D eigenvalue weighted by atomic mass is 16.3. The summed E-state index contributed by atoms with van der Waals surface area (Å²) in [5, 5.41) is 4.67. The lowest BCUT2D eigenvalue weighted by Crippen LogP contribution is -2.10. The van der Waals surface area contributed by atoms with Gasteiger partial charge >= 0.3 is 0 Å². The van der Waals surface area contributed by atoms with Crippen molar-refractivity contribution in [2.75, 3.05) is 4.90 Å². The van der Waals surface area contributed by atoms with Gasteiger partial charge in [0.1, 0.15) is 11.2 Å². The van der Waals surface area contributed by atoms with Gasteiger partial charge in [-0.2, -0.15) is 0 Å². The number of benzene rings is 10. The maximum absolute atomic E-state index is 6.29. The Morgan fingerprint density at radius 1 is 0.286 bits per heavy atom. The summed E-state index contributed by atoms with van der Waals surface area (Å²) in [4.78, 5) is 2.36. The summed E-state index contributed by atoms with van der Waals surface area (Å²) in [5.74, 6) is 0. The first-order valence-corrected chi connectivity index (χ1v) is 21.5. The summed E-state index contributed by atoms with van der Waals surface area (Å²) in [7, 11) is 0. The summed E-state index contributed by atoms with van der Waals surface area (Å²) >= 11 is 0. The Morgan fingerprint density at radius 2 is 0.841 bits per heavy atom. The van der Waals surface area contributed by atoms with E-state index in [0.29, 0.717) is 0 Å². The van der Waals surface area contributed by atoms with E-state index < -0.39 is 0 Å². The van der Waals surface area contributed by atoms with Crippen LogP contribution in [-0.2, 0) is 0 Å². The molecule has 296 valence electrons. The number of hydrogen-bond acceptors (Lipinski definition) is 2. The van der Waals surface area contributed by atoms with E-state index in [4.69, 9.17) is 4.42 Å². The van der Waals surface area contributed by atoms with Crippen molar-refractivity contribution in [3.05, 3.63) is 243 Å². The third-order valence-electron chi connectivity index (χ3n) is 12.4. The molecule has 3 nitrogen and oxygen atoms in total. The van der Waals surface area contributed by atoms with Crippen molar-refractivity contribution in [1.29, 1.82) is 0 Å². The van der Waals surface area contributed by atoms with Crippen LogP contribution in [0.1, 0.15) is 0 Å². The third-order valence-corrected chi connectivity index (χ3v) is 12.4. The summed E-state index contributed by atoms with van der Waals surface area (Å²) in [6.45, 7) is 0. The molecule has 2 aromatic heterocycles. The minimum absolute atomic E-state index is 0.875. The average Bonchev–Trinajstić information content (AvgIpc) is 3.90. The molecule has 0 bridgehead atoms. The standard InChI is InChI=1S/C60H40N2O/c1-4-15-41(16-5-1)43-27-31-48(32-28-43)61(50-33-36-60-56(40-50)54-24-11-13-26-59(54)63-60)49-22-14-19-45(37-49)51-34-29-44(42-17-6-2-7-18-42)38-55(51)46-30-35-53-52-23-10-12-25-57(52)62(58(53)39-46)47-20-8-3-9-21-47/h1-40H. The molecule has 0 fully saturated rings. The van der Waals surface area contributed by atoms with Crippen molar-refractivity contribution in [2.24, 2.45) is 0 Å². The van der Waals surface area contributed by atoms with Gasteiger partial charge < -0.3 is 13.9 Å². The zero-order valence-corrected chi connectivity index (χ0v) is 34.4. The van der Waals surface area contributed by atoms with Gasteiger partial charge in [-0.05, 0) is 123 Å². The molecule has 0 radical (unpaired) electrons. The largest absolute Gasteiger partial charge is 0.456 e. The molecule has 10 aromatic carbocycles. The average molecular weight is 805 g/mol. The lowest BCUT2D eigenvalue weighted by Gasteiger charge is -2.26. The number of anilines is 3. The van der Waals surface area contributed by atoms with Gasteiger partial charge in [-0.15, -0.1) is 0 Å². The number of nitrogens with zero attached hydrogens (tertiary/aromatic N) is 2. The number of hydrogen-bond donors (Lipinski definition) is 0. The molecule has 0 N–H and O–H groups in total. The number of aromatic nitrogens is 1. The second-order valence-corrected chi connectivity index (χ2v) is 16.1. The molecule has 2 heterocycles. The fraction of sp³-hybridized carbons (Fsp3) is 0. The van der Waals surface area contributed by atoms with Gasteiger partial charge in [0, 0.05) is 44.3 Å². The van der Waals surface area contributed by atoms with Crippen molar-refractivity contribution >= 4 is 60.8 Å². The highest BCUT2D eigenvalue weighted by Gasteiger charge is 2.19. The number of rotatable bonds is 8. The van der Waals surface area contributed by atoms with E-state index in [1.165, 1.54) is 49.6 Å². The van der Waals surface area contributed by atoms with Crippen molar-refractivity contribution in [1.82, 2.24) is 4.57 Å². The van der Waals surface area contributed by atoms with Crippen LogP contribution < -0.4 is 4.90 Å². The van der Waals surface area contributed by atoms with Crippen molar-refractivity contribution < 1.29 is 4.42 Å². The summed E-state index contributed by atoms with van der Waals surface area (Å²) < 4.78 is 8.69. The zero-order valence-electron chi connectivity index (χ0n) is 34.4. The van der Waals surface area contributed by atoms with Gasteiger partial charge in [-0.1, -0.05) is 164 Å². The van der Waals surface area contributed by atoms with Crippen LogP contribution in [0.25, 0.3) is 93.9 Å². The SMILES string of the molecule is c1ccc(-c2ccc(N(c3cccc(-c4ccc(-c5ccccc5)cc4-c4ccc5c6ccccc6n(-c6ccccc6)c5c4)c3)c3ccc4oc5ccccc5c4c3)cc2)cc1. The molecule has 0 aliphatic rings. The first kappa shape index (κ1) is 36.5.